The summed E-state index contributed by atoms with van der Waals surface area (Å²) in [6, 6.07) is 6.63. The maximum Gasteiger partial charge on any atom is 0.319 e. The number of hydrogen-bond acceptors (Lipinski definition) is 9. The van der Waals surface area contributed by atoms with Crippen LogP contribution in [0.5, 0.6) is 11.5 Å². The molecule has 0 bridgehead atoms. The van der Waals surface area contributed by atoms with Gasteiger partial charge >= 0.3 is 5.97 Å². The number of aliphatic carboxylic acids is 1. The monoisotopic (exact) mass is 708 g/mol. The number of halogens is 4. The van der Waals surface area contributed by atoms with Gasteiger partial charge in [-0.05, 0) is 42.5 Å². The van der Waals surface area contributed by atoms with Crippen LogP contribution in [0.4, 0.5) is 0 Å². The number of rotatable bonds is 9. The van der Waals surface area contributed by atoms with Crippen molar-refractivity contribution in [2.45, 2.75) is 9.79 Å². The summed E-state index contributed by atoms with van der Waals surface area (Å²) >= 11 is 25.2. The quantitative estimate of drug-likeness (QED) is 0.179. The fourth-order valence-corrected chi connectivity index (χ4v) is 6.53. The van der Waals surface area contributed by atoms with Crippen molar-refractivity contribution in [2.75, 3.05) is 12.0 Å². The standard InChI is InChI=1S/C25H16Cl4N2O10S2/c1-42(38,39)10-2-4-13(16(32)6-10)23(37)20-21(19(27)24(28)30-20)31-15(8-14(26)25(31)29)22(36)12-5-3-11(7-17(12)33)43(40,41)9-18(34)35/h2-8,30,32-33H,9H2,1H3,(H,34,35). The van der Waals surface area contributed by atoms with Crippen molar-refractivity contribution in [3.05, 3.63) is 85.3 Å². The lowest BCUT2D eigenvalue weighted by Crippen LogP contribution is -2.16. The number of nitrogens with zero attached hydrogens (tertiary/aromatic N) is 1. The van der Waals surface area contributed by atoms with Gasteiger partial charge in [0.25, 0.3) is 0 Å². The number of carbonyl (C=O) groups is 3. The van der Waals surface area contributed by atoms with Crippen molar-refractivity contribution in [1.82, 2.24) is 9.55 Å². The zero-order chi connectivity index (χ0) is 32.2. The number of H-pyrrole nitrogens is 1. The second-order valence-corrected chi connectivity index (χ2v) is 14.4. The predicted octanol–water partition coefficient (Wildman–Crippen LogP) is 4.55. The van der Waals surface area contributed by atoms with Crippen LogP contribution in [0.1, 0.15) is 32.1 Å². The lowest BCUT2D eigenvalue weighted by atomic mass is 10.1. The van der Waals surface area contributed by atoms with Gasteiger partial charge in [0.15, 0.2) is 25.4 Å². The van der Waals surface area contributed by atoms with Crippen molar-refractivity contribution in [3.63, 3.8) is 0 Å². The number of phenolic OH excluding ortho intramolecular Hbond substituents is 2. The highest BCUT2D eigenvalue weighted by Gasteiger charge is 2.31. The smallest absolute Gasteiger partial charge is 0.319 e. The van der Waals surface area contributed by atoms with Gasteiger partial charge < -0.3 is 20.3 Å². The van der Waals surface area contributed by atoms with Crippen LogP contribution in [0, 0.1) is 0 Å². The van der Waals surface area contributed by atoms with Crippen LogP contribution in [0.3, 0.4) is 0 Å². The molecule has 4 rings (SSSR count). The average Bonchev–Trinajstić information content (AvgIpc) is 3.35. The highest BCUT2D eigenvalue weighted by Crippen LogP contribution is 2.40. The number of aromatic hydroxyl groups is 2. The molecule has 226 valence electrons. The van der Waals surface area contributed by atoms with E-state index in [-0.39, 0.29) is 42.2 Å². The molecule has 0 aliphatic heterocycles. The zero-order valence-corrected chi connectivity index (χ0v) is 25.9. The molecule has 0 amide bonds. The minimum absolute atomic E-state index is 0.211. The largest absolute Gasteiger partial charge is 0.507 e. The SMILES string of the molecule is CS(=O)(=O)c1ccc(C(=O)c2[nH]c(Cl)c(Cl)c2-n2c(C(=O)c3ccc(S(=O)(=O)CC(=O)O)cc3O)cc(Cl)c2Cl)c(O)c1. The Bertz CT molecular complexity index is 2080. The van der Waals surface area contributed by atoms with Crippen LogP contribution in [-0.2, 0) is 24.5 Å². The van der Waals surface area contributed by atoms with Gasteiger partial charge in [0.2, 0.25) is 11.6 Å². The topological polar surface area (TPSA) is 201 Å². The lowest BCUT2D eigenvalue weighted by Gasteiger charge is -2.13. The summed E-state index contributed by atoms with van der Waals surface area (Å²) in [5.41, 5.74) is -1.92. The molecule has 0 spiro atoms. The molecule has 2 heterocycles. The first-order chi connectivity index (χ1) is 19.8. The van der Waals surface area contributed by atoms with Crippen LogP contribution < -0.4 is 0 Å². The van der Waals surface area contributed by atoms with Crippen molar-refractivity contribution in [1.29, 1.82) is 0 Å². The summed E-state index contributed by atoms with van der Waals surface area (Å²) in [6.45, 7) is 0. The molecule has 18 heteroatoms. The summed E-state index contributed by atoms with van der Waals surface area (Å²) in [5, 5.41) is 28.7. The summed E-state index contributed by atoms with van der Waals surface area (Å²) in [6.07, 6.45) is 0.905. The molecule has 0 radical (unpaired) electrons. The number of nitrogens with one attached hydrogen (secondary N) is 1. The Morgan fingerprint density at radius 3 is 1.91 bits per heavy atom. The third kappa shape index (κ3) is 6.12. The van der Waals surface area contributed by atoms with Gasteiger partial charge in [-0.3, -0.25) is 19.0 Å². The fourth-order valence-electron chi connectivity index (χ4n) is 4.00. The van der Waals surface area contributed by atoms with E-state index >= 15 is 0 Å². The Kier molecular flexibility index (Phi) is 8.68. The van der Waals surface area contributed by atoms with Crippen LogP contribution >= 0.6 is 46.4 Å². The molecular formula is C25H16Cl4N2O10S2. The number of carbonyl (C=O) groups excluding carboxylic acids is 2. The highest BCUT2D eigenvalue weighted by molar-refractivity contribution is 7.92. The Hall–Kier alpha value is -3.53. The minimum Gasteiger partial charge on any atom is -0.507 e. The van der Waals surface area contributed by atoms with E-state index in [1.165, 1.54) is 0 Å². The van der Waals surface area contributed by atoms with Crippen LogP contribution in [0.15, 0.2) is 52.3 Å². The zero-order valence-electron chi connectivity index (χ0n) is 21.2. The number of carboxylic acid groups (broad SMARTS) is 1. The normalized spacial score (nSPS) is 11.9. The molecule has 12 nitrogen and oxygen atoms in total. The molecule has 4 aromatic rings. The number of ketones is 2. The molecule has 0 unspecified atom stereocenters. The Morgan fingerprint density at radius 1 is 0.837 bits per heavy atom. The van der Waals surface area contributed by atoms with Crippen molar-refractivity contribution in [3.8, 4) is 17.2 Å². The van der Waals surface area contributed by atoms with Gasteiger partial charge in [0, 0.05) is 6.26 Å². The average molecular weight is 710 g/mol. The number of hydrogen-bond donors (Lipinski definition) is 4. The predicted molar refractivity (Wildman–Crippen MR) is 156 cm³/mol. The summed E-state index contributed by atoms with van der Waals surface area (Å²) in [5.74, 6) is -6.35. The van der Waals surface area contributed by atoms with E-state index in [4.69, 9.17) is 51.5 Å². The Labute approximate surface area is 262 Å². The first-order valence-electron chi connectivity index (χ1n) is 11.4. The number of phenols is 2. The molecule has 0 atom stereocenters. The second-order valence-electron chi connectivity index (χ2n) is 8.92. The molecule has 43 heavy (non-hydrogen) atoms. The summed E-state index contributed by atoms with van der Waals surface area (Å²) in [7, 11) is -8.07. The van der Waals surface area contributed by atoms with Crippen molar-refractivity contribution in [2.24, 2.45) is 0 Å². The molecular weight excluding hydrogens is 694 g/mol. The first-order valence-corrected chi connectivity index (χ1v) is 16.4. The minimum atomic E-state index is -4.35. The Morgan fingerprint density at radius 2 is 1.37 bits per heavy atom. The van der Waals surface area contributed by atoms with Crippen LogP contribution in [0.2, 0.25) is 20.4 Å². The van der Waals surface area contributed by atoms with E-state index in [1.807, 2.05) is 0 Å². The van der Waals surface area contributed by atoms with Gasteiger partial charge in [0.05, 0.1) is 37.3 Å². The van der Waals surface area contributed by atoms with E-state index in [0.29, 0.717) is 6.07 Å². The van der Waals surface area contributed by atoms with E-state index in [2.05, 4.69) is 4.98 Å². The molecule has 0 saturated carbocycles. The number of aromatic nitrogens is 2. The maximum absolute atomic E-state index is 13.6. The summed E-state index contributed by atoms with van der Waals surface area (Å²) < 4.78 is 49.1. The van der Waals surface area contributed by atoms with E-state index in [0.717, 1.165) is 47.2 Å². The van der Waals surface area contributed by atoms with E-state index < -0.39 is 70.6 Å². The van der Waals surface area contributed by atoms with E-state index in [1.54, 1.807) is 0 Å². The Balaban J connectivity index is 1.87. The molecule has 0 aliphatic carbocycles. The molecule has 0 aliphatic rings. The van der Waals surface area contributed by atoms with Crippen LogP contribution in [-0.4, -0.2) is 71.3 Å². The maximum atomic E-state index is 13.6. The van der Waals surface area contributed by atoms with Gasteiger partial charge in [0.1, 0.15) is 32.5 Å². The van der Waals surface area contributed by atoms with Gasteiger partial charge in [-0.25, -0.2) is 16.8 Å². The van der Waals surface area contributed by atoms with Crippen LogP contribution in [0.25, 0.3) is 5.69 Å². The number of aromatic amines is 1. The second kappa shape index (κ2) is 11.5. The van der Waals surface area contributed by atoms with Crippen molar-refractivity contribution < 1.29 is 46.5 Å². The van der Waals surface area contributed by atoms with Gasteiger partial charge in [-0.1, -0.05) is 46.4 Å². The van der Waals surface area contributed by atoms with Gasteiger partial charge in [-0.2, -0.15) is 0 Å². The third-order valence-corrected chi connectivity index (χ3v) is 10.2. The number of benzene rings is 2. The lowest BCUT2D eigenvalue weighted by molar-refractivity contribution is -0.134. The highest BCUT2D eigenvalue weighted by atomic mass is 35.5. The molecule has 2 aromatic heterocycles. The fraction of sp³-hybridized carbons (Fsp3) is 0.0800. The number of sulfone groups is 2. The summed E-state index contributed by atoms with van der Waals surface area (Å²) in [4.78, 5) is 39.8. The molecule has 4 N–H and O–H groups in total. The van der Waals surface area contributed by atoms with Crippen molar-refractivity contribution >= 4 is 83.6 Å². The number of carboxylic acids is 1. The molecule has 0 fully saturated rings. The first kappa shape index (κ1) is 32.4. The van der Waals surface area contributed by atoms with E-state index in [9.17, 15) is 41.4 Å². The third-order valence-electron chi connectivity index (χ3n) is 5.98. The molecule has 0 saturated heterocycles. The molecule has 2 aromatic carbocycles. The van der Waals surface area contributed by atoms with Gasteiger partial charge in [-0.15, -0.1) is 0 Å².